The number of rotatable bonds is 6. The van der Waals surface area contributed by atoms with Crippen molar-refractivity contribution >= 4 is 27.8 Å². The molecule has 0 N–H and O–H groups in total. The van der Waals surface area contributed by atoms with Crippen LogP contribution in [0.5, 0.6) is 11.5 Å². The number of fused-ring (bicyclic) bond motifs is 2. The fraction of sp³-hybridized carbons (Fsp3) is 0. The first-order chi connectivity index (χ1) is 23.8. The Labute approximate surface area is 278 Å². The Kier molecular flexibility index (Phi) is 6.72. The molecule has 0 atom stereocenters. The van der Waals surface area contributed by atoms with Crippen LogP contribution in [0.15, 0.2) is 170 Å². The standard InChI is InChI=1S/C43H28N4O/c1-5-14-29(15-6-1)41-44-42(30-16-7-2-8-17-30)46-43(45-41)37-26-27-38-40-35(22-13-23-36(37)40)34-25-24-33(28-39(34)48-38)47(31-18-9-3-10-19-31)32-20-11-4-12-21-32/h1-28H. The van der Waals surface area contributed by atoms with Gasteiger partial charge in [0.15, 0.2) is 17.5 Å². The second kappa shape index (κ2) is 11.6. The van der Waals surface area contributed by atoms with Crippen molar-refractivity contribution in [1.82, 2.24) is 15.0 Å². The first-order valence-electron chi connectivity index (χ1n) is 16.0. The Balaban J connectivity index is 1.19. The third-order valence-electron chi connectivity index (χ3n) is 8.70. The predicted octanol–water partition coefficient (Wildman–Crippen LogP) is 11.3. The van der Waals surface area contributed by atoms with Gasteiger partial charge in [-0.2, -0.15) is 0 Å². The van der Waals surface area contributed by atoms with E-state index in [0.717, 1.165) is 67.2 Å². The van der Waals surface area contributed by atoms with Gasteiger partial charge in [-0.15, -0.1) is 0 Å². The summed E-state index contributed by atoms with van der Waals surface area (Å²) in [5, 5.41) is 2.07. The third-order valence-corrected chi connectivity index (χ3v) is 8.70. The van der Waals surface area contributed by atoms with E-state index in [9.17, 15) is 0 Å². The molecule has 1 aliphatic heterocycles. The molecule has 5 heteroatoms. The van der Waals surface area contributed by atoms with Crippen molar-refractivity contribution in [3.8, 4) is 56.8 Å². The zero-order valence-electron chi connectivity index (χ0n) is 25.9. The average molecular weight is 617 g/mol. The van der Waals surface area contributed by atoms with Crippen molar-refractivity contribution in [2.75, 3.05) is 4.90 Å². The fourth-order valence-electron chi connectivity index (χ4n) is 6.48. The molecular formula is C43H28N4O. The first kappa shape index (κ1) is 27.7. The van der Waals surface area contributed by atoms with Gasteiger partial charge in [0.2, 0.25) is 0 Å². The molecule has 1 aromatic heterocycles. The lowest BCUT2D eigenvalue weighted by Gasteiger charge is -2.28. The second-order valence-corrected chi connectivity index (χ2v) is 11.7. The van der Waals surface area contributed by atoms with Gasteiger partial charge < -0.3 is 9.64 Å². The van der Waals surface area contributed by atoms with Crippen molar-refractivity contribution in [3.05, 3.63) is 170 Å². The minimum Gasteiger partial charge on any atom is -0.456 e. The molecule has 0 aliphatic carbocycles. The lowest BCUT2D eigenvalue weighted by molar-refractivity contribution is 0.487. The molecule has 0 bridgehead atoms. The molecular weight excluding hydrogens is 589 g/mol. The van der Waals surface area contributed by atoms with E-state index >= 15 is 0 Å². The molecule has 226 valence electrons. The Morgan fingerprint density at radius 1 is 0.375 bits per heavy atom. The number of benzene rings is 7. The number of para-hydroxylation sites is 2. The Hall–Kier alpha value is -6.59. The number of anilines is 3. The van der Waals surface area contributed by atoms with Crippen LogP contribution < -0.4 is 9.64 Å². The summed E-state index contributed by atoms with van der Waals surface area (Å²) in [6.07, 6.45) is 0. The minimum absolute atomic E-state index is 0.619. The number of aromatic nitrogens is 3. The second-order valence-electron chi connectivity index (χ2n) is 11.7. The van der Waals surface area contributed by atoms with Crippen LogP contribution in [0.25, 0.3) is 56.1 Å². The van der Waals surface area contributed by atoms with Gasteiger partial charge >= 0.3 is 0 Å². The number of hydrogen-bond donors (Lipinski definition) is 0. The molecule has 0 fully saturated rings. The van der Waals surface area contributed by atoms with Crippen molar-refractivity contribution < 1.29 is 4.74 Å². The topological polar surface area (TPSA) is 51.1 Å². The summed E-state index contributed by atoms with van der Waals surface area (Å²) in [7, 11) is 0. The van der Waals surface area contributed by atoms with Gasteiger partial charge in [0, 0.05) is 50.8 Å². The van der Waals surface area contributed by atoms with E-state index in [1.807, 2.05) is 78.9 Å². The molecule has 48 heavy (non-hydrogen) atoms. The molecule has 2 heterocycles. The molecule has 0 spiro atoms. The van der Waals surface area contributed by atoms with Gasteiger partial charge in [-0.3, -0.25) is 0 Å². The molecule has 0 unspecified atom stereocenters. The maximum absolute atomic E-state index is 6.71. The van der Waals surface area contributed by atoms with Gasteiger partial charge in [-0.25, -0.2) is 15.0 Å². The van der Waals surface area contributed by atoms with E-state index in [1.165, 1.54) is 0 Å². The first-order valence-corrected chi connectivity index (χ1v) is 16.0. The van der Waals surface area contributed by atoms with Gasteiger partial charge in [-0.1, -0.05) is 115 Å². The van der Waals surface area contributed by atoms with Crippen molar-refractivity contribution in [1.29, 1.82) is 0 Å². The molecule has 9 rings (SSSR count). The SMILES string of the molecule is c1ccc(-c2nc(-c3ccccc3)nc(-c3ccc4c5c(cccc35)-c3ccc(N(c5ccccc5)c5ccccc5)cc3O4)n2)cc1. The summed E-state index contributed by atoms with van der Waals surface area (Å²) in [6.45, 7) is 0. The van der Waals surface area contributed by atoms with Gasteiger partial charge in [0.25, 0.3) is 0 Å². The zero-order chi connectivity index (χ0) is 31.9. The summed E-state index contributed by atoms with van der Waals surface area (Å²) >= 11 is 0. The maximum Gasteiger partial charge on any atom is 0.164 e. The maximum atomic E-state index is 6.71. The molecule has 1 aliphatic rings. The third kappa shape index (κ3) is 4.86. The van der Waals surface area contributed by atoms with Crippen LogP contribution in [0, 0.1) is 0 Å². The summed E-state index contributed by atoms with van der Waals surface area (Å²) in [6, 6.07) is 57.9. The number of nitrogens with zero attached hydrogens (tertiary/aromatic N) is 4. The normalized spacial score (nSPS) is 11.5. The molecule has 0 radical (unpaired) electrons. The van der Waals surface area contributed by atoms with Crippen molar-refractivity contribution in [2.24, 2.45) is 0 Å². The molecule has 0 amide bonds. The zero-order valence-corrected chi connectivity index (χ0v) is 25.9. The van der Waals surface area contributed by atoms with E-state index in [-0.39, 0.29) is 0 Å². The summed E-state index contributed by atoms with van der Waals surface area (Å²) in [4.78, 5) is 17.2. The Bertz CT molecular complexity index is 2320. The average Bonchev–Trinajstić information content (AvgIpc) is 3.16. The largest absolute Gasteiger partial charge is 0.456 e. The summed E-state index contributed by atoms with van der Waals surface area (Å²) < 4.78 is 6.71. The highest BCUT2D eigenvalue weighted by Gasteiger charge is 2.24. The molecule has 0 saturated heterocycles. The van der Waals surface area contributed by atoms with Crippen LogP contribution in [-0.2, 0) is 0 Å². The van der Waals surface area contributed by atoms with Crippen LogP contribution in [0.1, 0.15) is 0 Å². The van der Waals surface area contributed by atoms with Crippen LogP contribution in [0.4, 0.5) is 17.1 Å². The highest BCUT2D eigenvalue weighted by atomic mass is 16.5. The lowest BCUT2D eigenvalue weighted by Crippen LogP contribution is -2.10. The number of ether oxygens (including phenoxy) is 1. The molecule has 0 saturated carbocycles. The Morgan fingerprint density at radius 3 is 1.52 bits per heavy atom. The van der Waals surface area contributed by atoms with Crippen molar-refractivity contribution in [2.45, 2.75) is 0 Å². The highest BCUT2D eigenvalue weighted by molar-refractivity contribution is 6.09. The molecule has 5 nitrogen and oxygen atoms in total. The van der Waals surface area contributed by atoms with E-state index in [0.29, 0.717) is 17.5 Å². The predicted molar refractivity (Wildman–Crippen MR) is 194 cm³/mol. The number of hydrogen-bond acceptors (Lipinski definition) is 5. The van der Waals surface area contributed by atoms with E-state index in [4.69, 9.17) is 19.7 Å². The molecule has 7 aromatic carbocycles. The molecule has 8 aromatic rings. The fourth-order valence-corrected chi connectivity index (χ4v) is 6.48. The van der Waals surface area contributed by atoms with Crippen molar-refractivity contribution in [3.63, 3.8) is 0 Å². The minimum atomic E-state index is 0.619. The smallest absolute Gasteiger partial charge is 0.164 e. The van der Waals surface area contributed by atoms with Gasteiger partial charge in [0.05, 0.1) is 0 Å². The lowest BCUT2D eigenvalue weighted by atomic mass is 9.92. The van der Waals surface area contributed by atoms with E-state index in [2.05, 4.69) is 95.9 Å². The Morgan fingerprint density at radius 2 is 0.917 bits per heavy atom. The van der Waals surface area contributed by atoms with E-state index < -0.39 is 0 Å². The van der Waals surface area contributed by atoms with E-state index in [1.54, 1.807) is 0 Å². The van der Waals surface area contributed by atoms with Gasteiger partial charge in [-0.05, 0) is 59.5 Å². The van der Waals surface area contributed by atoms with Crippen LogP contribution in [-0.4, -0.2) is 15.0 Å². The summed E-state index contributed by atoms with van der Waals surface area (Å²) in [5.41, 5.74) is 8.14. The highest BCUT2D eigenvalue weighted by Crippen LogP contribution is 2.50. The summed E-state index contributed by atoms with van der Waals surface area (Å²) in [5.74, 6) is 3.51. The van der Waals surface area contributed by atoms with Crippen LogP contribution >= 0.6 is 0 Å². The van der Waals surface area contributed by atoms with Crippen LogP contribution in [0.3, 0.4) is 0 Å². The quantitative estimate of drug-likeness (QED) is 0.186. The monoisotopic (exact) mass is 616 g/mol. The van der Waals surface area contributed by atoms with Crippen LogP contribution in [0.2, 0.25) is 0 Å². The van der Waals surface area contributed by atoms with Gasteiger partial charge in [0.1, 0.15) is 11.5 Å².